The van der Waals surface area contributed by atoms with Crippen LogP contribution in [-0.2, 0) is 19.1 Å². The number of nitrogens with zero attached hydrogens (tertiary/aromatic N) is 1. The van der Waals surface area contributed by atoms with Gasteiger partial charge in [0.2, 0.25) is 0 Å². The van der Waals surface area contributed by atoms with Crippen molar-refractivity contribution in [1.82, 2.24) is 4.90 Å². The average Bonchev–Trinajstić information content (AvgIpc) is 3.13. The van der Waals surface area contributed by atoms with Crippen LogP contribution in [0.5, 0.6) is 0 Å². The molecule has 2 atom stereocenters. The summed E-state index contributed by atoms with van der Waals surface area (Å²) >= 11 is 0. The molecule has 0 fully saturated rings. The third-order valence-corrected chi connectivity index (χ3v) is 12.1. The maximum Gasteiger partial charge on any atom is 0.305 e. The molecule has 0 aliphatic heterocycles. The van der Waals surface area contributed by atoms with Crippen molar-refractivity contribution in [1.29, 1.82) is 0 Å². The Morgan fingerprint density at radius 1 is 0.475 bits per heavy atom. The van der Waals surface area contributed by atoms with E-state index < -0.39 is 5.60 Å². The van der Waals surface area contributed by atoms with E-state index >= 15 is 0 Å². The van der Waals surface area contributed by atoms with Crippen LogP contribution in [0, 0.1) is 22.7 Å². The van der Waals surface area contributed by atoms with Crippen molar-refractivity contribution < 1.29 is 24.2 Å². The number of unbranched alkanes of at least 4 members (excludes halogenated alkanes) is 15. The van der Waals surface area contributed by atoms with E-state index in [1.165, 1.54) is 77.0 Å². The Morgan fingerprint density at radius 2 is 0.814 bits per heavy atom. The second kappa shape index (κ2) is 36.4. The third kappa shape index (κ3) is 40.7. The minimum atomic E-state index is -0.603. The average molecular weight is 836 g/mol. The van der Waals surface area contributed by atoms with E-state index in [4.69, 9.17) is 9.47 Å². The number of carbonyl (C=O) groups excluding carboxylic acids is 2. The zero-order chi connectivity index (χ0) is 44.3. The van der Waals surface area contributed by atoms with Gasteiger partial charge in [-0.05, 0) is 126 Å². The summed E-state index contributed by atoms with van der Waals surface area (Å²) in [6.45, 7) is 27.8. The Morgan fingerprint density at radius 3 is 1.20 bits per heavy atom. The Labute approximate surface area is 369 Å². The lowest BCUT2D eigenvalue weighted by Gasteiger charge is -2.29. The highest BCUT2D eigenvalue weighted by molar-refractivity contribution is 5.69. The molecule has 0 saturated heterocycles. The maximum atomic E-state index is 12.3. The number of aliphatic hydroxyl groups is 1. The zero-order valence-corrected chi connectivity index (χ0v) is 41.6. The first-order valence-corrected chi connectivity index (χ1v) is 25.7. The predicted molar refractivity (Wildman–Crippen MR) is 255 cm³/mol. The summed E-state index contributed by atoms with van der Waals surface area (Å²) in [5.74, 6) is 1.51. The van der Waals surface area contributed by atoms with E-state index in [0.717, 1.165) is 141 Å². The number of carbonyl (C=O) groups is 2. The highest BCUT2D eigenvalue weighted by Crippen LogP contribution is 2.30. The largest absolute Gasteiger partial charge is 0.466 e. The first kappa shape index (κ1) is 57.9. The summed E-state index contributed by atoms with van der Waals surface area (Å²) in [5, 5.41) is 11.8. The molecular weight excluding hydrogens is 731 g/mol. The molecule has 0 aromatic rings. The standard InChI is InChI=1S/C53H105NO5/c1-11-40-54(41-12-2)42-30-29-39-53(57,37-27-19-21-31-43-58-49(55)35-25-17-13-15-23-33-47(3)45-51(5,6)7)38-28-20-22-32-44-59-50(56)36-26-18-14-16-24-34-48(4)46-52(8,9)10/h47-48,57H,11-46H2,1-10H3. The molecule has 6 nitrogen and oxygen atoms in total. The Balaban J connectivity index is 4.28. The van der Waals surface area contributed by atoms with E-state index in [9.17, 15) is 14.7 Å². The van der Waals surface area contributed by atoms with Gasteiger partial charge in [-0.3, -0.25) is 9.59 Å². The van der Waals surface area contributed by atoms with Gasteiger partial charge in [0, 0.05) is 12.8 Å². The normalized spacial score (nSPS) is 14.4. The summed E-state index contributed by atoms with van der Waals surface area (Å²) in [4.78, 5) is 27.1. The van der Waals surface area contributed by atoms with Gasteiger partial charge in [-0.15, -0.1) is 0 Å². The molecular formula is C53H105NO5. The van der Waals surface area contributed by atoms with Crippen LogP contribution in [0.25, 0.3) is 0 Å². The van der Waals surface area contributed by atoms with Gasteiger partial charge < -0.3 is 19.5 Å². The number of rotatable bonds is 41. The topological polar surface area (TPSA) is 76.1 Å². The van der Waals surface area contributed by atoms with Gasteiger partial charge in [0.05, 0.1) is 18.8 Å². The summed E-state index contributed by atoms with van der Waals surface area (Å²) in [5.41, 5.74) is 0.235. The first-order chi connectivity index (χ1) is 28.0. The van der Waals surface area contributed by atoms with E-state index in [1.54, 1.807) is 0 Å². The van der Waals surface area contributed by atoms with Crippen LogP contribution in [0.1, 0.15) is 268 Å². The second-order valence-electron chi connectivity index (χ2n) is 21.6. The fourth-order valence-electron chi connectivity index (χ4n) is 9.35. The Hall–Kier alpha value is -1.14. The summed E-state index contributed by atoms with van der Waals surface area (Å²) < 4.78 is 11.1. The van der Waals surface area contributed by atoms with Gasteiger partial charge in [0.25, 0.3) is 0 Å². The van der Waals surface area contributed by atoms with Crippen molar-refractivity contribution >= 4 is 11.9 Å². The fourth-order valence-corrected chi connectivity index (χ4v) is 9.35. The molecule has 0 bridgehead atoms. The molecule has 6 heteroatoms. The monoisotopic (exact) mass is 836 g/mol. The number of ether oxygens (including phenoxy) is 2. The molecule has 0 heterocycles. The molecule has 0 rings (SSSR count). The quantitative estimate of drug-likeness (QED) is 0.0488. The molecule has 1 N–H and O–H groups in total. The number of hydrogen-bond donors (Lipinski definition) is 1. The molecule has 0 radical (unpaired) electrons. The highest BCUT2D eigenvalue weighted by atomic mass is 16.5. The van der Waals surface area contributed by atoms with E-state index in [-0.39, 0.29) is 11.9 Å². The third-order valence-electron chi connectivity index (χ3n) is 12.1. The summed E-state index contributed by atoms with van der Waals surface area (Å²) in [7, 11) is 0. The summed E-state index contributed by atoms with van der Waals surface area (Å²) in [6, 6.07) is 0. The van der Waals surface area contributed by atoms with Crippen LogP contribution in [0.2, 0.25) is 0 Å². The molecule has 352 valence electrons. The van der Waals surface area contributed by atoms with Crippen LogP contribution >= 0.6 is 0 Å². The lowest BCUT2D eigenvalue weighted by molar-refractivity contribution is -0.144. The minimum Gasteiger partial charge on any atom is -0.466 e. The van der Waals surface area contributed by atoms with Crippen molar-refractivity contribution in [2.45, 2.75) is 274 Å². The van der Waals surface area contributed by atoms with Gasteiger partial charge in [-0.1, -0.05) is 172 Å². The predicted octanol–water partition coefficient (Wildman–Crippen LogP) is 15.6. The summed E-state index contributed by atoms with van der Waals surface area (Å²) in [6.07, 6.45) is 33.2. The van der Waals surface area contributed by atoms with E-state index in [0.29, 0.717) is 36.9 Å². The minimum absolute atomic E-state index is 0.0407. The number of hydrogen-bond acceptors (Lipinski definition) is 6. The van der Waals surface area contributed by atoms with Crippen LogP contribution in [0.4, 0.5) is 0 Å². The Kier molecular flexibility index (Phi) is 35.7. The second-order valence-corrected chi connectivity index (χ2v) is 21.6. The smallest absolute Gasteiger partial charge is 0.305 e. The molecule has 0 amide bonds. The SMILES string of the molecule is CCCN(CCC)CCCCC(O)(CCCCCCOC(=O)CCCCCCCC(C)CC(C)(C)C)CCCCCCOC(=O)CCCCCCCC(C)CC(C)(C)C. The van der Waals surface area contributed by atoms with Crippen molar-refractivity contribution in [2.24, 2.45) is 22.7 Å². The lowest BCUT2D eigenvalue weighted by atomic mass is 9.83. The van der Waals surface area contributed by atoms with Crippen molar-refractivity contribution in [3.63, 3.8) is 0 Å². The molecule has 0 spiro atoms. The van der Waals surface area contributed by atoms with Crippen LogP contribution in [-0.4, -0.2) is 60.4 Å². The lowest BCUT2D eigenvalue weighted by Crippen LogP contribution is -2.30. The van der Waals surface area contributed by atoms with Gasteiger partial charge in [0.1, 0.15) is 0 Å². The van der Waals surface area contributed by atoms with Gasteiger partial charge >= 0.3 is 11.9 Å². The van der Waals surface area contributed by atoms with E-state index in [2.05, 4.69) is 74.1 Å². The number of esters is 2. The van der Waals surface area contributed by atoms with Crippen LogP contribution in [0.15, 0.2) is 0 Å². The molecule has 59 heavy (non-hydrogen) atoms. The molecule has 0 aliphatic rings. The van der Waals surface area contributed by atoms with Crippen LogP contribution < -0.4 is 0 Å². The van der Waals surface area contributed by atoms with Gasteiger partial charge in [0.15, 0.2) is 0 Å². The Bertz CT molecular complexity index is 900. The van der Waals surface area contributed by atoms with E-state index in [1.807, 2.05) is 0 Å². The van der Waals surface area contributed by atoms with Crippen molar-refractivity contribution in [3.05, 3.63) is 0 Å². The maximum absolute atomic E-state index is 12.3. The first-order valence-electron chi connectivity index (χ1n) is 25.7. The van der Waals surface area contributed by atoms with Crippen LogP contribution in [0.3, 0.4) is 0 Å². The molecule has 0 aliphatic carbocycles. The zero-order valence-electron chi connectivity index (χ0n) is 41.6. The van der Waals surface area contributed by atoms with Gasteiger partial charge in [-0.2, -0.15) is 0 Å². The van der Waals surface area contributed by atoms with Crippen molar-refractivity contribution in [2.75, 3.05) is 32.8 Å². The molecule has 2 unspecified atom stereocenters. The molecule has 0 aromatic heterocycles. The highest BCUT2D eigenvalue weighted by Gasteiger charge is 2.25. The molecule has 0 aromatic carbocycles. The fraction of sp³-hybridized carbons (Fsp3) is 0.962. The van der Waals surface area contributed by atoms with Crippen molar-refractivity contribution in [3.8, 4) is 0 Å². The molecule has 0 saturated carbocycles. The van der Waals surface area contributed by atoms with Gasteiger partial charge in [-0.25, -0.2) is 0 Å².